The standard InChI is InChI=1S/C10H7F5O/c1-5(16)7-4-6(9(11)12)2-3-8(7)10(13,14)15/h2-4,9H,1H3. The second-order valence-corrected chi connectivity index (χ2v) is 3.16. The number of carbonyl (C=O) groups is 1. The zero-order chi connectivity index (χ0) is 12.5. The number of ketones is 1. The lowest BCUT2D eigenvalue weighted by molar-refractivity contribution is -0.137. The summed E-state index contributed by atoms with van der Waals surface area (Å²) in [5, 5.41) is 0. The molecule has 16 heavy (non-hydrogen) atoms. The van der Waals surface area contributed by atoms with Crippen LogP contribution in [0.2, 0.25) is 0 Å². The lowest BCUT2D eigenvalue weighted by atomic mass is 10.0. The van der Waals surface area contributed by atoms with Crippen LogP contribution in [0.1, 0.15) is 34.8 Å². The minimum Gasteiger partial charge on any atom is -0.294 e. The Morgan fingerprint density at radius 1 is 1.25 bits per heavy atom. The van der Waals surface area contributed by atoms with Crippen molar-refractivity contribution in [3.8, 4) is 0 Å². The predicted octanol–water partition coefficient (Wildman–Crippen LogP) is 3.85. The number of carbonyl (C=O) groups excluding carboxylic acids is 1. The molecular formula is C10H7F5O. The van der Waals surface area contributed by atoms with Gasteiger partial charge in [0.2, 0.25) is 0 Å². The van der Waals surface area contributed by atoms with Crippen LogP contribution in [0, 0.1) is 0 Å². The van der Waals surface area contributed by atoms with Gasteiger partial charge in [0.25, 0.3) is 6.43 Å². The SMILES string of the molecule is CC(=O)c1cc(C(F)F)ccc1C(F)(F)F. The topological polar surface area (TPSA) is 17.1 Å². The van der Waals surface area contributed by atoms with Crippen LogP contribution in [-0.4, -0.2) is 5.78 Å². The molecule has 1 aromatic carbocycles. The van der Waals surface area contributed by atoms with Crippen molar-refractivity contribution in [3.63, 3.8) is 0 Å². The van der Waals surface area contributed by atoms with E-state index in [1.165, 1.54) is 0 Å². The van der Waals surface area contributed by atoms with E-state index >= 15 is 0 Å². The second kappa shape index (κ2) is 4.19. The maximum atomic E-state index is 12.4. The first-order valence-corrected chi connectivity index (χ1v) is 4.23. The Hall–Kier alpha value is -1.46. The Bertz CT molecular complexity index is 408. The second-order valence-electron chi connectivity index (χ2n) is 3.16. The average molecular weight is 238 g/mol. The van der Waals surface area contributed by atoms with Crippen LogP contribution in [0.5, 0.6) is 0 Å². The summed E-state index contributed by atoms with van der Waals surface area (Å²) in [5.74, 6) is -0.894. The Morgan fingerprint density at radius 2 is 1.81 bits per heavy atom. The molecule has 0 aliphatic carbocycles. The van der Waals surface area contributed by atoms with Crippen LogP contribution >= 0.6 is 0 Å². The normalized spacial score (nSPS) is 11.9. The molecule has 1 nitrogen and oxygen atoms in total. The summed E-state index contributed by atoms with van der Waals surface area (Å²) in [6, 6.07) is 1.74. The third kappa shape index (κ3) is 2.56. The summed E-state index contributed by atoms with van der Waals surface area (Å²) in [6.45, 7) is 0.903. The van der Waals surface area contributed by atoms with Gasteiger partial charge >= 0.3 is 6.18 Å². The number of rotatable bonds is 2. The first-order chi connectivity index (χ1) is 7.23. The van der Waals surface area contributed by atoms with E-state index in [0.717, 1.165) is 6.92 Å². The molecule has 0 heterocycles. The zero-order valence-corrected chi connectivity index (χ0v) is 8.11. The summed E-state index contributed by atoms with van der Waals surface area (Å²) in [5.41, 5.74) is -2.52. The molecule has 0 amide bonds. The predicted molar refractivity (Wildman–Crippen MR) is 46.4 cm³/mol. The van der Waals surface area contributed by atoms with E-state index in [9.17, 15) is 26.7 Å². The quantitative estimate of drug-likeness (QED) is 0.565. The number of hydrogen-bond donors (Lipinski definition) is 0. The van der Waals surface area contributed by atoms with Crippen LogP contribution in [0.4, 0.5) is 22.0 Å². The molecular weight excluding hydrogens is 231 g/mol. The number of halogens is 5. The van der Waals surface area contributed by atoms with Crippen molar-refractivity contribution in [1.82, 2.24) is 0 Å². The van der Waals surface area contributed by atoms with E-state index in [-0.39, 0.29) is 0 Å². The number of alkyl halides is 5. The lowest BCUT2D eigenvalue weighted by Gasteiger charge is -2.12. The fraction of sp³-hybridized carbons (Fsp3) is 0.300. The maximum absolute atomic E-state index is 12.4. The van der Waals surface area contributed by atoms with E-state index < -0.39 is 35.1 Å². The van der Waals surface area contributed by atoms with Gasteiger partial charge in [-0.25, -0.2) is 8.78 Å². The van der Waals surface area contributed by atoms with Crippen LogP contribution in [0.15, 0.2) is 18.2 Å². The summed E-state index contributed by atoms with van der Waals surface area (Å²) < 4.78 is 61.7. The third-order valence-electron chi connectivity index (χ3n) is 1.98. The first kappa shape index (κ1) is 12.6. The molecule has 0 spiro atoms. The molecule has 6 heteroatoms. The molecule has 0 aliphatic heterocycles. The summed E-state index contributed by atoms with van der Waals surface area (Å²) >= 11 is 0. The number of benzene rings is 1. The van der Waals surface area contributed by atoms with Crippen molar-refractivity contribution in [2.75, 3.05) is 0 Å². The Balaban J connectivity index is 3.37. The Labute approximate surface area is 87.9 Å². The van der Waals surface area contributed by atoms with Crippen LogP contribution < -0.4 is 0 Å². The monoisotopic (exact) mass is 238 g/mol. The van der Waals surface area contributed by atoms with E-state index in [1.54, 1.807) is 0 Å². The zero-order valence-electron chi connectivity index (χ0n) is 8.11. The minimum absolute atomic E-state index is 0.498. The van der Waals surface area contributed by atoms with Gasteiger partial charge in [-0.05, 0) is 19.1 Å². The van der Waals surface area contributed by atoms with E-state index in [2.05, 4.69) is 0 Å². The summed E-state index contributed by atoms with van der Waals surface area (Å²) in [4.78, 5) is 10.9. The van der Waals surface area contributed by atoms with Crippen molar-refractivity contribution in [2.45, 2.75) is 19.5 Å². The molecule has 1 rings (SSSR count). The Morgan fingerprint density at radius 3 is 2.19 bits per heavy atom. The number of Topliss-reactive ketones (excluding diaryl/α,β-unsaturated/α-hetero) is 1. The highest BCUT2D eigenvalue weighted by Gasteiger charge is 2.34. The van der Waals surface area contributed by atoms with Gasteiger partial charge in [0, 0.05) is 11.1 Å². The van der Waals surface area contributed by atoms with Gasteiger partial charge in [-0.2, -0.15) is 13.2 Å². The highest BCUT2D eigenvalue weighted by atomic mass is 19.4. The van der Waals surface area contributed by atoms with E-state index in [1.807, 2.05) is 0 Å². The molecule has 0 fully saturated rings. The largest absolute Gasteiger partial charge is 0.417 e. The van der Waals surface area contributed by atoms with Crippen LogP contribution in [0.3, 0.4) is 0 Å². The molecule has 0 aliphatic rings. The van der Waals surface area contributed by atoms with Gasteiger partial charge in [0.05, 0.1) is 5.56 Å². The van der Waals surface area contributed by atoms with E-state index in [0.29, 0.717) is 18.2 Å². The van der Waals surface area contributed by atoms with Gasteiger partial charge in [0.1, 0.15) is 0 Å². The first-order valence-electron chi connectivity index (χ1n) is 4.23. The van der Waals surface area contributed by atoms with Gasteiger partial charge in [-0.15, -0.1) is 0 Å². The molecule has 88 valence electrons. The van der Waals surface area contributed by atoms with E-state index in [4.69, 9.17) is 0 Å². The summed E-state index contributed by atoms with van der Waals surface area (Å²) in [7, 11) is 0. The van der Waals surface area contributed by atoms with Gasteiger partial charge in [-0.1, -0.05) is 6.07 Å². The molecule has 0 saturated carbocycles. The van der Waals surface area contributed by atoms with Gasteiger partial charge in [-0.3, -0.25) is 4.79 Å². The van der Waals surface area contributed by atoms with Crippen molar-refractivity contribution in [3.05, 3.63) is 34.9 Å². The number of hydrogen-bond acceptors (Lipinski definition) is 1. The third-order valence-corrected chi connectivity index (χ3v) is 1.98. The molecule has 0 saturated heterocycles. The molecule has 0 N–H and O–H groups in total. The van der Waals surface area contributed by atoms with Crippen LogP contribution in [-0.2, 0) is 6.18 Å². The molecule has 1 aromatic rings. The lowest BCUT2D eigenvalue weighted by Crippen LogP contribution is -2.12. The van der Waals surface area contributed by atoms with Crippen molar-refractivity contribution >= 4 is 5.78 Å². The smallest absolute Gasteiger partial charge is 0.294 e. The molecule has 0 radical (unpaired) electrons. The van der Waals surface area contributed by atoms with Gasteiger partial charge in [0.15, 0.2) is 5.78 Å². The van der Waals surface area contributed by atoms with Gasteiger partial charge < -0.3 is 0 Å². The highest BCUT2D eigenvalue weighted by Crippen LogP contribution is 2.34. The Kier molecular flexibility index (Phi) is 3.30. The summed E-state index contributed by atoms with van der Waals surface area (Å²) in [6.07, 6.45) is -7.62. The van der Waals surface area contributed by atoms with Crippen LogP contribution in [0.25, 0.3) is 0 Å². The van der Waals surface area contributed by atoms with Crippen molar-refractivity contribution < 1.29 is 26.7 Å². The highest BCUT2D eigenvalue weighted by molar-refractivity contribution is 5.96. The van der Waals surface area contributed by atoms with Crippen molar-refractivity contribution in [2.24, 2.45) is 0 Å². The molecule has 0 atom stereocenters. The fourth-order valence-corrected chi connectivity index (χ4v) is 1.24. The minimum atomic E-state index is -4.72. The molecule has 0 unspecified atom stereocenters. The average Bonchev–Trinajstić information content (AvgIpc) is 2.15. The maximum Gasteiger partial charge on any atom is 0.417 e. The molecule has 0 aromatic heterocycles. The molecule has 0 bridgehead atoms. The fourth-order valence-electron chi connectivity index (χ4n) is 1.24. The van der Waals surface area contributed by atoms with Crippen molar-refractivity contribution in [1.29, 1.82) is 0 Å².